The number of carbonyl (C=O) groups is 1. The number of esters is 1. The molecule has 0 radical (unpaired) electrons. The zero-order valence-electron chi connectivity index (χ0n) is 11.1. The van der Waals surface area contributed by atoms with Crippen molar-refractivity contribution in [1.29, 1.82) is 0 Å². The molecule has 0 aromatic heterocycles. The van der Waals surface area contributed by atoms with Gasteiger partial charge in [0, 0.05) is 13.2 Å². The first-order valence-electron chi connectivity index (χ1n) is 6.71. The Morgan fingerprint density at radius 2 is 2.12 bits per heavy atom. The number of piperidine rings is 1. The van der Waals surface area contributed by atoms with E-state index in [0.717, 1.165) is 45.4 Å². The predicted octanol–water partition coefficient (Wildman–Crippen LogP) is 1.74. The average Bonchev–Trinajstić information content (AvgIpc) is 2.39. The van der Waals surface area contributed by atoms with Crippen LogP contribution in [0.4, 0.5) is 0 Å². The summed E-state index contributed by atoms with van der Waals surface area (Å²) in [6.07, 6.45) is 3.83. The van der Waals surface area contributed by atoms with Gasteiger partial charge in [0.05, 0.1) is 12.0 Å². The Hall–Kier alpha value is -0.610. The standard InChI is InChI=1S/C13H25NO3/c1-3-8-16-9-10-17-12(15)13(4-2)6-5-7-14-11-13/h14H,3-11H2,1-2H3. The molecule has 1 heterocycles. The van der Waals surface area contributed by atoms with Gasteiger partial charge in [-0.1, -0.05) is 13.8 Å². The van der Waals surface area contributed by atoms with Crippen molar-refractivity contribution in [3.8, 4) is 0 Å². The molecule has 0 aromatic rings. The van der Waals surface area contributed by atoms with Crippen molar-refractivity contribution in [2.24, 2.45) is 5.41 Å². The highest BCUT2D eigenvalue weighted by Crippen LogP contribution is 2.31. The molecule has 1 N–H and O–H groups in total. The van der Waals surface area contributed by atoms with E-state index in [4.69, 9.17) is 9.47 Å². The predicted molar refractivity (Wildman–Crippen MR) is 66.9 cm³/mol. The summed E-state index contributed by atoms with van der Waals surface area (Å²) in [5.74, 6) is -0.0627. The van der Waals surface area contributed by atoms with E-state index in [0.29, 0.717) is 13.2 Å². The van der Waals surface area contributed by atoms with E-state index >= 15 is 0 Å². The summed E-state index contributed by atoms with van der Waals surface area (Å²) in [7, 11) is 0. The van der Waals surface area contributed by atoms with Gasteiger partial charge in [-0.25, -0.2) is 0 Å². The van der Waals surface area contributed by atoms with Crippen LogP contribution in [0.1, 0.15) is 39.5 Å². The van der Waals surface area contributed by atoms with Crippen LogP contribution in [0.15, 0.2) is 0 Å². The van der Waals surface area contributed by atoms with Crippen LogP contribution in [-0.4, -0.2) is 38.9 Å². The quantitative estimate of drug-likeness (QED) is 0.546. The van der Waals surface area contributed by atoms with Gasteiger partial charge in [0.1, 0.15) is 6.61 Å². The number of hydrogen-bond acceptors (Lipinski definition) is 4. The van der Waals surface area contributed by atoms with Crippen molar-refractivity contribution < 1.29 is 14.3 Å². The number of rotatable bonds is 7. The summed E-state index contributed by atoms with van der Waals surface area (Å²) in [5.41, 5.74) is -0.303. The molecular weight excluding hydrogens is 218 g/mol. The third kappa shape index (κ3) is 4.28. The van der Waals surface area contributed by atoms with E-state index in [1.165, 1.54) is 0 Å². The maximum absolute atomic E-state index is 12.1. The first kappa shape index (κ1) is 14.5. The highest BCUT2D eigenvalue weighted by molar-refractivity contribution is 5.77. The molecule has 1 unspecified atom stereocenters. The van der Waals surface area contributed by atoms with Gasteiger partial charge in [0.25, 0.3) is 0 Å². The third-order valence-electron chi connectivity index (χ3n) is 3.39. The van der Waals surface area contributed by atoms with E-state index < -0.39 is 0 Å². The number of hydrogen-bond donors (Lipinski definition) is 1. The topological polar surface area (TPSA) is 47.6 Å². The summed E-state index contributed by atoms with van der Waals surface area (Å²) in [4.78, 5) is 12.1. The minimum Gasteiger partial charge on any atom is -0.463 e. The number of nitrogens with one attached hydrogen (secondary N) is 1. The molecule has 1 rings (SSSR count). The second-order valence-corrected chi connectivity index (χ2v) is 4.66. The van der Waals surface area contributed by atoms with Crippen LogP contribution in [0.5, 0.6) is 0 Å². The van der Waals surface area contributed by atoms with Crippen LogP contribution in [0.25, 0.3) is 0 Å². The molecule has 100 valence electrons. The smallest absolute Gasteiger partial charge is 0.313 e. The van der Waals surface area contributed by atoms with E-state index in [9.17, 15) is 4.79 Å². The molecule has 1 fully saturated rings. The average molecular weight is 243 g/mol. The van der Waals surface area contributed by atoms with Gasteiger partial charge in [-0.3, -0.25) is 4.79 Å². The van der Waals surface area contributed by atoms with Crippen molar-refractivity contribution in [2.45, 2.75) is 39.5 Å². The molecule has 0 saturated carbocycles. The van der Waals surface area contributed by atoms with Crippen molar-refractivity contribution in [2.75, 3.05) is 32.9 Å². The van der Waals surface area contributed by atoms with Gasteiger partial charge < -0.3 is 14.8 Å². The first-order chi connectivity index (χ1) is 8.25. The lowest BCUT2D eigenvalue weighted by molar-refractivity contribution is -0.159. The Labute approximate surface area is 104 Å². The van der Waals surface area contributed by atoms with Crippen molar-refractivity contribution in [3.05, 3.63) is 0 Å². The highest BCUT2D eigenvalue weighted by Gasteiger charge is 2.39. The Balaban J connectivity index is 2.28. The van der Waals surface area contributed by atoms with E-state index in [1.54, 1.807) is 0 Å². The normalized spacial score (nSPS) is 24.6. The van der Waals surface area contributed by atoms with Gasteiger partial charge in [-0.2, -0.15) is 0 Å². The van der Waals surface area contributed by atoms with E-state index in [2.05, 4.69) is 19.2 Å². The monoisotopic (exact) mass is 243 g/mol. The third-order valence-corrected chi connectivity index (χ3v) is 3.39. The second-order valence-electron chi connectivity index (χ2n) is 4.66. The summed E-state index contributed by atoms with van der Waals surface area (Å²) in [5, 5.41) is 3.29. The first-order valence-corrected chi connectivity index (χ1v) is 6.71. The highest BCUT2D eigenvalue weighted by atomic mass is 16.6. The molecule has 0 aromatic carbocycles. The maximum Gasteiger partial charge on any atom is 0.313 e. The largest absolute Gasteiger partial charge is 0.463 e. The van der Waals surface area contributed by atoms with Gasteiger partial charge >= 0.3 is 5.97 Å². The van der Waals surface area contributed by atoms with Crippen LogP contribution in [0.2, 0.25) is 0 Å². The lowest BCUT2D eigenvalue weighted by atomic mass is 9.78. The molecule has 1 aliphatic rings. The Morgan fingerprint density at radius 3 is 2.71 bits per heavy atom. The number of carbonyl (C=O) groups excluding carboxylic acids is 1. The fourth-order valence-electron chi connectivity index (χ4n) is 2.18. The molecule has 1 saturated heterocycles. The zero-order valence-corrected chi connectivity index (χ0v) is 11.1. The van der Waals surface area contributed by atoms with Crippen molar-refractivity contribution in [1.82, 2.24) is 5.32 Å². The minimum absolute atomic E-state index is 0.0627. The molecular formula is C13H25NO3. The maximum atomic E-state index is 12.1. The van der Waals surface area contributed by atoms with E-state index in [1.807, 2.05) is 0 Å². The molecule has 4 nitrogen and oxygen atoms in total. The molecule has 0 aliphatic carbocycles. The van der Waals surface area contributed by atoms with Gasteiger partial charge in [-0.15, -0.1) is 0 Å². The van der Waals surface area contributed by atoms with Crippen LogP contribution in [0, 0.1) is 5.41 Å². The molecule has 17 heavy (non-hydrogen) atoms. The fourth-order valence-corrected chi connectivity index (χ4v) is 2.18. The summed E-state index contributed by atoms with van der Waals surface area (Å²) >= 11 is 0. The van der Waals surface area contributed by atoms with Crippen LogP contribution >= 0.6 is 0 Å². The van der Waals surface area contributed by atoms with Gasteiger partial charge in [0.2, 0.25) is 0 Å². The molecule has 1 aliphatic heterocycles. The Morgan fingerprint density at radius 1 is 1.29 bits per heavy atom. The summed E-state index contributed by atoms with van der Waals surface area (Å²) < 4.78 is 10.6. The second kappa shape index (κ2) is 7.67. The number of ether oxygens (including phenoxy) is 2. The van der Waals surface area contributed by atoms with Gasteiger partial charge in [-0.05, 0) is 32.2 Å². The molecule has 0 spiro atoms. The van der Waals surface area contributed by atoms with E-state index in [-0.39, 0.29) is 11.4 Å². The SMILES string of the molecule is CCCOCCOC(=O)C1(CC)CCCNC1. The van der Waals surface area contributed by atoms with Crippen molar-refractivity contribution >= 4 is 5.97 Å². The zero-order chi connectivity index (χ0) is 12.6. The van der Waals surface area contributed by atoms with Gasteiger partial charge in [0.15, 0.2) is 0 Å². The Kier molecular flexibility index (Phi) is 6.52. The van der Waals surface area contributed by atoms with Crippen LogP contribution in [0.3, 0.4) is 0 Å². The van der Waals surface area contributed by atoms with Crippen LogP contribution < -0.4 is 5.32 Å². The van der Waals surface area contributed by atoms with Crippen molar-refractivity contribution in [3.63, 3.8) is 0 Å². The minimum atomic E-state index is -0.303. The lowest BCUT2D eigenvalue weighted by Crippen LogP contribution is -2.46. The molecule has 0 amide bonds. The molecule has 1 atom stereocenters. The van der Waals surface area contributed by atoms with Crippen LogP contribution in [-0.2, 0) is 14.3 Å². The molecule has 0 bridgehead atoms. The summed E-state index contributed by atoms with van der Waals surface area (Å²) in [6, 6.07) is 0. The molecule has 4 heteroatoms. The fraction of sp³-hybridized carbons (Fsp3) is 0.923. The summed E-state index contributed by atoms with van der Waals surface area (Å²) in [6.45, 7) is 7.49. The lowest BCUT2D eigenvalue weighted by Gasteiger charge is -2.34. The Bertz CT molecular complexity index is 225.